The molecule has 0 spiro atoms. The molecule has 2 heterocycles. The maximum Gasteiger partial charge on any atom is 0.222 e. The van der Waals surface area contributed by atoms with Crippen LogP contribution in [0.4, 0.5) is 0 Å². The molecule has 3 saturated carbocycles. The quantitative estimate of drug-likeness (QED) is 0.472. The van der Waals surface area contributed by atoms with E-state index in [1.807, 2.05) is 13.1 Å². The first-order valence-corrected chi connectivity index (χ1v) is 15.4. The third kappa shape index (κ3) is 3.06. The topological polar surface area (TPSA) is 102 Å². The number of aliphatic hydroxyl groups excluding tert-OH is 1. The number of carbonyl (C=O) groups excluding carboxylic acids is 1. The Hall–Kier alpha value is -2.28. The van der Waals surface area contributed by atoms with Crippen LogP contribution in [-0.2, 0) is 22.0 Å². The molecular weight excluding hydrogens is 502 g/mol. The molecule has 8 atom stereocenters. The van der Waals surface area contributed by atoms with Crippen LogP contribution in [-0.4, -0.2) is 32.9 Å². The lowest BCUT2D eigenvalue weighted by Crippen LogP contribution is -2.66. The van der Waals surface area contributed by atoms with E-state index >= 15 is 0 Å². The van der Waals surface area contributed by atoms with Crippen LogP contribution < -0.4 is 0 Å². The van der Waals surface area contributed by atoms with E-state index in [0.29, 0.717) is 5.89 Å². The van der Waals surface area contributed by atoms with Gasteiger partial charge in [0.2, 0.25) is 11.8 Å². The monoisotopic (exact) mass is 547 g/mol. The van der Waals surface area contributed by atoms with E-state index in [1.54, 1.807) is 0 Å². The largest absolute Gasteiger partial charge is 0.425 e. The highest BCUT2D eigenvalue weighted by molar-refractivity contribution is 5.95. The molecule has 0 amide bonds. The molecule has 0 aromatic carbocycles. The van der Waals surface area contributed by atoms with Gasteiger partial charge in [-0.05, 0) is 97.9 Å². The Kier molecular flexibility index (Phi) is 5.29. The van der Waals surface area contributed by atoms with Crippen LogP contribution in [0.25, 0.3) is 0 Å². The Labute approximate surface area is 237 Å². The van der Waals surface area contributed by atoms with Gasteiger partial charge in [-0.25, -0.2) is 0 Å². The minimum absolute atomic E-state index is 0.0105. The lowest BCUT2D eigenvalue weighted by Gasteiger charge is -2.69. The smallest absolute Gasteiger partial charge is 0.222 e. The predicted octanol–water partition coefficient (Wildman–Crippen LogP) is 6.28. The standard InChI is InChI=1S/C33H45N3O4/c1-19-35-36-27(39-19)33-12-10-28(2,3)16-21(33)25-22(38)14-24-29(4)15-20-17-34-40-26(20)30(5,18-37)23(29)8-9-31(24,6)32(25,7)11-13-33/h14,17,21,23,25,37H,8-13,15-16,18H2,1-7H3/t21-,23+,25-,29-,30-,31+,32+,33-/m0/s1. The summed E-state index contributed by atoms with van der Waals surface area (Å²) in [5, 5.41) is 23.7. The zero-order chi connectivity index (χ0) is 28.5. The molecule has 0 unspecified atom stereocenters. The Morgan fingerprint density at radius 3 is 2.48 bits per heavy atom. The fourth-order valence-corrected chi connectivity index (χ4v) is 11.2. The number of aromatic nitrogens is 3. The number of aryl methyl sites for hydroxylation is 1. The van der Waals surface area contributed by atoms with Crippen molar-refractivity contribution in [1.29, 1.82) is 0 Å². The number of hydrogen-bond donors (Lipinski definition) is 1. The summed E-state index contributed by atoms with van der Waals surface area (Å²) in [5.41, 5.74) is 1.21. The summed E-state index contributed by atoms with van der Waals surface area (Å²) >= 11 is 0. The third-order valence-corrected chi connectivity index (χ3v) is 13.4. The first-order chi connectivity index (χ1) is 18.7. The minimum Gasteiger partial charge on any atom is -0.425 e. The lowest BCUT2D eigenvalue weighted by molar-refractivity contribution is -0.162. The third-order valence-electron chi connectivity index (χ3n) is 13.4. The van der Waals surface area contributed by atoms with Gasteiger partial charge < -0.3 is 14.0 Å². The van der Waals surface area contributed by atoms with Crippen molar-refractivity contribution < 1.29 is 18.8 Å². The highest BCUT2D eigenvalue weighted by Gasteiger charge is 2.71. The number of hydrogen-bond acceptors (Lipinski definition) is 7. The van der Waals surface area contributed by atoms with Crippen molar-refractivity contribution in [2.75, 3.05) is 6.61 Å². The molecule has 5 aliphatic carbocycles. The summed E-state index contributed by atoms with van der Waals surface area (Å²) in [6, 6.07) is 0. The minimum atomic E-state index is -0.521. The first kappa shape index (κ1) is 26.6. The second-order valence-electron chi connectivity index (χ2n) is 15.9. The molecule has 7 rings (SSSR count). The van der Waals surface area contributed by atoms with Gasteiger partial charge in [-0.15, -0.1) is 10.2 Å². The second kappa shape index (κ2) is 7.96. The molecule has 1 N–H and O–H groups in total. The van der Waals surface area contributed by atoms with Gasteiger partial charge in [-0.3, -0.25) is 4.79 Å². The summed E-state index contributed by atoms with van der Waals surface area (Å²) in [4.78, 5) is 14.7. The number of rotatable bonds is 2. The number of aliphatic hydroxyl groups is 1. The van der Waals surface area contributed by atoms with E-state index in [-0.39, 0.29) is 57.2 Å². The molecule has 2 aromatic heterocycles. The number of ketones is 1. The average Bonchev–Trinajstić information content (AvgIpc) is 3.54. The van der Waals surface area contributed by atoms with Crippen LogP contribution in [0, 0.1) is 46.3 Å². The fourth-order valence-electron chi connectivity index (χ4n) is 11.2. The van der Waals surface area contributed by atoms with E-state index in [1.165, 1.54) is 5.57 Å². The van der Waals surface area contributed by atoms with Crippen molar-refractivity contribution in [1.82, 2.24) is 15.4 Å². The Balaban J connectivity index is 1.39. The highest BCUT2D eigenvalue weighted by Crippen LogP contribution is 2.74. The van der Waals surface area contributed by atoms with E-state index in [2.05, 4.69) is 63.0 Å². The van der Waals surface area contributed by atoms with Crippen molar-refractivity contribution in [2.24, 2.45) is 39.4 Å². The van der Waals surface area contributed by atoms with Crippen LogP contribution in [0.15, 0.2) is 26.8 Å². The average molecular weight is 548 g/mol. The van der Waals surface area contributed by atoms with Crippen molar-refractivity contribution in [3.63, 3.8) is 0 Å². The van der Waals surface area contributed by atoms with Gasteiger partial charge in [-0.2, -0.15) is 0 Å². The number of allylic oxidation sites excluding steroid dienone is 2. The first-order valence-electron chi connectivity index (χ1n) is 15.4. The molecule has 0 saturated heterocycles. The van der Waals surface area contributed by atoms with Gasteiger partial charge >= 0.3 is 0 Å². The Morgan fingerprint density at radius 2 is 1.77 bits per heavy atom. The van der Waals surface area contributed by atoms with Gasteiger partial charge in [0.25, 0.3) is 0 Å². The lowest BCUT2D eigenvalue weighted by atomic mass is 9.34. The fraction of sp³-hybridized carbons (Fsp3) is 0.758. The second-order valence-corrected chi connectivity index (χ2v) is 15.9. The van der Waals surface area contributed by atoms with Crippen LogP contribution in [0.3, 0.4) is 0 Å². The number of carbonyl (C=O) groups is 1. The molecule has 5 aliphatic rings. The Morgan fingerprint density at radius 1 is 1.02 bits per heavy atom. The zero-order valence-electron chi connectivity index (χ0n) is 25.3. The van der Waals surface area contributed by atoms with Gasteiger partial charge in [0.05, 0.1) is 23.6 Å². The maximum absolute atomic E-state index is 14.7. The number of nitrogens with zero attached hydrogens (tertiary/aromatic N) is 3. The normalized spacial score (nSPS) is 45.5. The number of fused-ring (bicyclic) bond motifs is 8. The van der Waals surface area contributed by atoms with Gasteiger partial charge in [0, 0.05) is 18.4 Å². The maximum atomic E-state index is 14.7. The van der Waals surface area contributed by atoms with Crippen LogP contribution in [0.1, 0.15) is 110 Å². The van der Waals surface area contributed by atoms with Gasteiger partial charge in [-0.1, -0.05) is 45.3 Å². The molecular formula is C33H45N3O4. The van der Waals surface area contributed by atoms with Crippen LogP contribution in [0.5, 0.6) is 0 Å². The highest BCUT2D eigenvalue weighted by atomic mass is 16.5. The van der Waals surface area contributed by atoms with E-state index in [0.717, 1.165) is 68.6 Å². The summed E-state index contributed by atoms with van der Waals surface area (Å²) in [6.45, 7) is 16.0. The molecule has 7 heteroatoms. The van der Waals surface area contributed by atoms with Crippen molar-refractivity contribution in [2.45, 2.75) is 111 Å². The van der Waals surface area contributed by atoms with E-state index in [9.17, 15) is 9.90 Å². The zero-order valence-corrected chi connectivity index (χ0v) is 25.3. The van der Waals surface area contributed by atoms with E-state index in [4.69, 9.17) is 8.94 Å². The van der Waals surface area contributed by atoms with Gasteiger partial charge in [0.1, 0.15) is 5.76 Å². The molecule has 0 aliphatic heterocycles. The molecule has 216 valence electrons. The molecule has 0 bridgehead atoms. The molecule has 2 aromatic rings. The Bertz CT molecular complexity index is 1420. The molecule has 40 heavy (non-hydrogen) atoms. The van der Waals surface area contributed by atoms with Crippen molar-refractivity contribution in [3.05, 3.63) is 41.0 Å². The van der Waals surface area contributed by atoms with Crippen LogP contribution in [0.2, 0.25) is 0 Å². The summed E-state index contributed by atoms with van der Waals surface area (Å²) in [7, 11) is 0. The predicted molar refractivity (Wildman–Crippen MR) is 149 cm³/mol. The summed E-state index contributed by atoms with van der Waals surface area (Å²) in [5.74, 6) is 2.73. The summed E-state index contributed by atoms with van der Waals surface area (Å²) < 4.78 is 12.0. The SMILES string of the molecule is Cc1nnc([C@]23CCC(C)(C)C[C@H]2[C@H]2C(=O)C=C4[C@@]5(C)Cc6cnoc6[C@@](C)(CO)[C@@H]5CC[C@@]4(C)[C@]2(C)CC3)o1. The van der Waals surface area contributed by atoms with E-state index < -0.39 is 5.41 Å². The summed E-state index contributed by atoms with van der Waals surface area (Å²) in [6.07, 6.45) is 11.7. The molecule has 7 nitrogen and oxygen atoms in total. The van der Waals surface area contributed by atoms with Crippen molar-refractivity contribution in [3.8, 4) is 0 Å². The van der Waals surface area contributed by atoms with Gasteiger partial charge in [0.15, 0.2) is 5.78 Å². The van der Waals surface area contributed by atoms with Crippen LogP contribution >= 0.6 is 0 Å². The van der Waals surface area contributed by atoms with Crippen molar-refractivity contribution >= 4 is 5.78 Å². The molecule has 3 fully saturated rings. The molecule has 0 radical (unpaired) electrons.